The van der Waals surface area contributed by atoms with Crippen molar-refractivity contribution in [3.8, 4) is 0 Å². The van der Waals surface area contributed by atoms with Crippen molar-refractivity contribution in [3.63, 3.8) is 0 Å². The maximum atomic E-state index is 12.3. The zero-order valence-corrected chi connectivity index (χ0v) is 11.2. The van der Waals surface area contributed by atoms with Gasteiger partial charge in [-0.05, 0) is 24.0 Å². The van der Waals surface area contributed by atoms with E-state index in [9.17, 15) is 4.79 Å². The molecule has 0 saturated carbocycles. The van der Waals surface area contributed by atoms with Crippen molar-refractivity contribution in [2.24, 2.45) is 5.73 Å². The van der Waals surface area contributed by atoms with Gasteiger partial charge in [-0.1, -0.05) is 30.8 Å². The highest BCUT2D eigenvalue weighted by Crippen LogP contribution is 2.35. The molecule has 19 heavy (non-hydrogen) atoms. The van der Waals surface area contributed by atoms with Crippen molar-refractivity contribution in [1.29, 1.82) is 0 Å². The minimum absolute atomic E-state index is 0.0510. The molecule has 102 valence electrons. The van der Waals surface area contributed by atoms with Crippen molar-refractivity contribution >= 4 is 11.6 Å². The van der Waals surface area contributed by atoms with Gasteiger partial charge in [-0.25, -0.2) is 0 Å². The lowest BCUT2D eigenvalue weighted by Crippen LogP contribution is -2.46. The molecule has 0 radical (unpaired) electrons. The lowest BCUT2D eigenvalue weighted by molar-refractivity contribution is -0.129. The van der Waals surface area contributed by atoms with Gasteiger partial charge in [0.25, 0.3) is 0 Å². The number of hydrogen-bond acceptors (Lipinski definition) is 3. The molecule has 0 bridgehead atoms. The van der Waals surface area contributed by atoms with Crippen LogP contribution in [-0.4, -0.2) is 26.2 Å². The van der Waals surface area contributed by atoms with Crippen LogP contribution < -0.4 is 11.1 Å². The highest BCUT2D eigenvalue weighted by molar-refractivity contribution is 5.88. The second-order valence-electron chi connectivity index (χ2n) is 4.88. The first kappa shape index (κ1) is 13.6. The van der Waals surface area contributed by atoms with Crippen LogP contribution >= 0.6 is 0 Å². The predicted molar refractivity (Wildman–Crippen MR) is 75.5 cm³/mol. The largest absolute Gasteiger partial charge is 0.399 e. The van der Waals surface area contributed by atoms with Crippen molar-refractivity contribution < 1.29 is 9.53 Å². The molecule has 1 aliphatic heterocycles. The number of carbonyl (C=O) groups excluding carboxylic acids is 1. The number of nitrogens with one attached hydrogen (secondary N) is 1. The Morgan fingerprint density at radius 3 is 2.37 bits per heavy atom. The quantitative estimate of drug-likeness (QED) is 0.863. The normalized spacial score (nSPS) is 17.7. The Kier molecular flexibility index (Phi) is 3.90. The summed E-state index contributed by atoms with van der Waals surface area (Å²) in [6.07, 6.45) is 1.41. The molecule has 1 fully saturated rings. The Bertz CT molecular complexity index is 473. The molecule has 1 heterocycles. The van der Waals surface area contributed by atoms with Crippen LogP contribution in [0.4, 0.5) is 0 Å². The summed E-state index contributed by atoms with van der Waals surface area (Å²) in [5.74, 6) is 0.0510. The number of benzene rings is 1. The van der Waals surface area contributed by atoms with E-state index in [2.05, 4.69) is 11.9 Å². The minimum Gasteiger partial charge on any atom is -0.399 e. The van der Waals surface area contributed by atoms with E-state index in [0.29, 0.717) is 31.8 Å². The van der Waals surface area contributed by atoms with Crippen LogP contribution in [0.15, 0.2) is 30.8 Å². The van der Waals surface area contributed by atoms with E-state index in [1.54, 1.807) is 7.05 Å². The van der Waals surface area contributed by atoms with E-state index >= 15 is 0 Å². The molecule has 3 N–H and O–H groups in total. The number of rotatable bonds is 3. The molecule has 0 aromatic heterocycles. The number of hydrogen-bond donors (Lipinski definition) is 2. The summed E-state index contributed by atoms with van der Waals surface area (Å²) in [5.41, 5.74) is 7.62. The lowest BCUT2D eigenvalue weighted by atomic mass is 9.73. The highest BCUT2D eigenvalue weighted by Gasteiger charge is 2.40. The number of carbonyl (C=O) groups is 1. The highest BCUT2D eigenvalue weighted by atomic mass is 16.5. The van der Waals surface area contributed by atoms with Crippen LogP contribution in [0, 0.1) is 0 Å². The van der Waals surface area contributed by atoms with Crippen molar-refractivity contribution in [1.82, 2.24) is 5.32 Å². The standard InChI is InChI=1S/C15H20N2O2/c1-11(16)12-3-5-13(6-4-12)15(14(18)17-2)7-9-19-10-8-15/h3-6H,1,7-10,16H2,2H3,(H,17,18). The van der Waals surface area contributed by atoms with E-state index in [0.717, 1.165) is 11.1 Å². The third-order valence-corrected chi connectivity index (χ3v) is 3.82. The summed E-state index contributed by atoms with van der Waals surface area (Å²) in [6.45, 7) is 4.93. The minimum atomic E-state index is -0.485. The Labute approximate surface area is 113 Å². The number of likely N-dealkylation sites (N-methyl/N-ethyl adjacent to an activating group) is 1. The van der Waals surface area contributed by atoms with Crippen LogP contribution in [0.3, 0.4) is 0 Å². The Balaban J connectivity index is 2.38. The van der Waals surface area contributed by atoms with E-state index < -0.39 is 5.41 Å². The fourth-order valence-electron chi connectivity index (χ4n) is 2.61. The summed E-state index contributed by atoms with van der Waals surface area (Å²) in [6, 6.07) is 7.76. The van der Waals surface area contributed by atoms with Gasteiger partial charge in [0, 0.05) is 26.0 Å². The summed E-state index contributed by atoms with van der Waals surface area (Å²) in [7, 11) is 1.68. The first-order valence-electron chi connectivity index (χ1n) is 6.45. The second-order valence-corrected chi connectivity index (χ2v) is 4.88. The molecule has 1 aromatic rings. The fourth-order valence-corrected chi connectivity index (χ4v) is 2.61. The maximum absolute atomic E-state index is 12.3. The molecule has 2 rings (SSSR count). The molecule has 0 aliphatic carbocycles. The molecule has 0 atom stereocenters. The fraction of sp³-hybridized carbons (Fsp3) is 0.400. The first-order chi connectivity index (χ1) is 9.10. The average Bonchev–Trinajstić information content (AvgIpc) is 2.47. The monoisotopic (exact) mass is 260 g/mol. The smallest absolute Gasteiger partial charge is 0.230 e. The molecular weight excluding hydrogens is 240 g/mol. The molecule has 0 spiro atoms. The Morgan fingerprint density at radius 1 is 1.32 bits per heavy atom. The van der Waals surface area contributed by atoms with E-state index in [4.69, 9.17) is 10.5 Å². The molecule has 1 amide bonds. The lowest BCUT2D eigenvalue weighted by Gasteiger charge is -2.35. The van der Waals surface area contributed by atoms with Gasteiger partial charge in [-0.2, -0.15) is 0 Å². The number of amides is 1. The number of nitrogens with two attached hydrogens (primary N) is 1. The van der Waals surface area contributed by atoms with E-state index in [1.807, 2.05) is 24.3 Å². The van der Waals surface area contributed by atoms with Crippen LogP contribution in [0.2, 0.25) is 0 Å². The average molecular weight is 260 g/mol. The summed E-state index contributed by atoms with van der Waals surface area (Å²) in [4.78, 5) is 12.3. The second kappa shape index (κ2) is 5.45. The van der Waals surface area contributed by atoms with Gasteiger partial charge in [0.05, 0.1) is 5.41 Å². The van der Waals surface area contributed by atoms with E-state index in [1.165, 1.54) is 0 Å². The summed E-state index contributed by atoms with van der Waals surface area (Å²) in [5, 5.41) is 2.77. The van der Waals surface area contributed by atoms with Crippen molar-refractivity contribution in [2.45, 2.75) is 18.3 Å². The van der Waals surface area contributed by atoms with E-state index in [-0.39, 0.29) is 5.91 Å². The molecule has 1 saturated heterocycles. The zero-order chi connectivity index (χ0) is 13.9. The Hall–Kier alpha value is -1.81. The zero-order valence-electron chi connectivity index (χ0n) is 11.2. The van der Waals surface area contributed by atoms with Crippen LogP contribution in [0.25, 0.3) is 5.70 Å². The topological polar surface area (TPSA) is 64.4 Å². The van der Waals surface area contributed by atoms with Gasteiger partial charge in [-0.3, -0.25) is 4.79 Å². The van der Waals surface area contributed by atoms with Gasteiger partial charge < -0.3 is 15.8 Å². The summed E-state index contributed by atoms with van der Waals surface area (Å²) < 4.78 is 5.39. The Morgan fingerprint density at radius 2 is 1.89 bits per heavy atom. The molecule has 4 heteroatoms. The van der Waals surface area contributed by atoms with Gasteiger partial charge >= 0.3 is 0 Å². The molecule has 4 nitrogen and oxygen atoms in total. The molecule has 0 unspecified atom stereocenters. The molecular formula is C15H20N2O2. The third kappa shape index (κ3) is 2.49. The summed E-state index contributed by atoms with van der Waals surface area (Å²) >= 11 is 0. The van der Waals surface area contributed by atoms with Gasteiger partial charge in [-0.15, -0.1) is 0 Å². The SMILES string of the molecule is C=C(N)c1ccc(C2(C(=O)NC)CCOCC2)cc1. The number of ether oxygens (including phenoxy) is 1. The van der Waals surface area contributed by atoms with Crippen molar-refractivity contribution in [3.05, 3.63) is 42.0 Å². The molecule has 1 aromatic carbocycles. The van der Waals surface area contributed by atoms with Crippen LogP contribution in [0.1, 0.15) is 24.0 Å². The van der Waals surface area contributed by atoms with Gasteiger partial charge in [0.2, 0.25) is 5.91 Å². The molecule has 1 aliphatic rings. The van der Waals surface area contributed by atoms with Gasteiger partial charge in [0.15, 0.2) is 0 Å². The van der Waals surface area contributed by atoms with Crippen LogP contribution in [0.5, 0.6) is 0 Å². The van der Waals surface area contributed by atoms with Crippen molar-refractivity contribution in [2.75, 3.05) is 20.3 Å². The predicted octanol–water partition coefficient (Wildman–Crippen LogP) is 1.41. The maximum Gasteiger partial charge on any atom is 0.230 e. The first-order valence-corrected chi connectivity index (χ1v) is 6.45. The third-order valence-electron chi connectivity index (χ3n) is 3.82. The van der Waals surface area contributed by atoms with Crippen LogP contribution in [-0.2, 0) is 14.9 Å². The van der Waals surface area contributed by atoms with Gasteiger partial charge in [0.1, 0.15) is 0 Å².